The fourth-order valence-electron chi connectivity index (χ4n) is 3.24. The van der Waals surface area contributed by atoms with Gasteiger partial charge in [-0.2, -0.15) is 0 Å². The van der Waals surface area contributed by atoms with Crippen LogP contribution < -0.4 is 20.1 Å². The van der Waals surface area contributed by atoms with E-state index in [1.165, 1.54) is 7.11 Å². The van der Waals surface area contributed by atoms with Gasteiger partial charge in [-0.25, -0.2) is 9.59 Å². The second-order valence-electron chi connectivity index (χ2n) is 6.40. The van der Waals surface area contributed by atoms with Crippen molar-refractivity contribution >= 4 is 17.7 Å². The second-order valence-corrected chi connectivity index (χ2v) is 6.40. The van der Waals surface area contributed by atoms with Crippen molar-refractivity contribution in [2.24, 2.45) is 0 Å². The third-order valence-corrected chi connectivity index (χ3v) is 4.53. The van der Waals surface area contributed by atoms with Crippen LogP contribution >= 0.6 is 0 Å². The highest BCUT2D eigenvalue weighted by Crippen LogP contribution is 2.40. The molecule has 2 amide bonds. The summed E-state index contributed by atoms with van der Waals surface area (Å²) in [6.45, 7) is 2.46. The first-order valence-corrected chi connectivity index (χ1v) is 9.35. The molecule has 2 aromatic carbocycles. The molecule has 7 nitrogen and oxygen atoms in total. The maximum atomic E-state index is 12.8. The Morgan fingerprint density at radius 3 is 2.48 bits per heavy atom. The molecule has 0 saturated heterocycles. The third kappa shape index (κ3) is 4.18. The fraction of sp³-hybridized carbons (Fsp3) is 0.273. The number of carbonyl (C=O) groups is 2. The Bertz CT molecular complexity index is 924. The zero-order valence-electron chi connectivity index (χ0n) is 16.7. The van der Waals surface area contributed by atoms with Crippen LogP contribution in [0.4, 0.5) is 4.79 Å². The van der Waals surface area contributed by atoms with Gasteiger partial charge in [0, 0.05) is 5.56 Å². The molecule has 0 fully saturated rings. The SMILES string of the molecule is CCCOc1c(OC)cccc1C1NC(=O)NC(c2ccccc2)=C1C(=O)OC. The van der Waals surface area contributed by atoms with E-state index >= 15 is 0 Å². The molecule has 7 heteroatoms. The molecule has 0 bridgehead atoms. The highest BCUT2D eigenvalue weighted by Gasteiger charge is 2.36. The molecule has 1 heterocycles. The predicted octanol–water partition coefficient (Wildman–Crippen LogP) is 3.42. The van der Waals surface area contributed by atoms with Gasteiger partial charge in [-0.1, -0.05) is 49.4 Å². The van der Waals surface area contributed by atoms with Crippen molar-refractivity contribution < 1.29 is 23.8 Å². The Kier molecular flexibility index (Phi) is 6.39. The Hall–Kier alpha value is -3.48. The van der Waals surface area contributed by atoms with Gasteiger partial charge in [-0.05, 0) is 18.1 Å². The molecule has 0 aromatic heterocycles. The van der Waals surface area contributed by atoms with Crippen LogP contribution in [0.2, 0.25) is 0 Å². The predicted molar refractivity (Wildman–Crippen MR) is 109 cm³/mol. The minimum absolute atomic E-state index is 0.285. The van der Waals surface area contributed by atoms with Crippen LogP contribution in [0.1, 0.15) is 30.5 Å². The molecular formula is C22H24N2O5. The molecule has 0 saturated carbocycles. The van der Waals surface area contributed by atoms with E-state index in [0.717, 1.165) is 6.42 Å². The Morgan fingerprint density at radius 2 is 1.83 bits per heavy atom. The number of carbonyl (C=O) groups excluding carboxylic acids is 2. The van der Waals surface area contributed by atoms with Crippen molar-refractivity contribution in [1.82, 2.24) is 10.6 Å². The number of nitrogens with one attached hydrogen (secondary N) is 2. The van der Waals surface area contributed by atoms with Crippen LogP contribution in [0, 0.1) is 0 Å². The van der Waals surface area contributed by atoms with Crippen molar-refractivity contribution in [2.45, 2.75) is 19.4 Å². The van der Waals surface area contributed by atoms with Gasteiger partial charge in [0.2, 0.25) is 0 Å². The third-order valence-electron chi connectivity index (χ3n) is 4.53. The lowest BCUT2D eigenvalue weighted by Gasteiger charge is -2.30. The van der Waals surface area contributed by atoms with Gasteiger partial charge < -0.3 is 24.8 Å². The van der Waals surface area contributed by atoms with Gasteiger partial charge in [0.15, 0.2) is 11.5 Å². The number of para-hydroxylation sites is 1. The van der Waals surface area contributed by atoms with Gasteiger partial charge in [0.1, 0.15) is 0 Å². The number of urea groups is 1. The van der Waals surface area contributed by atoms with Crippen LogP contribution in [-0.2, 0) is 9.53 Å². The summed E-state index contributed by atoms with van der Waals surface area (Å²) in [6, 6.07) is 13.3. The Balaban J connectivity index is 2.22. The molecule has 0 aliphatic carbocycles. The average Bonchev–Trinajstić information content (AvgIpc) is 2.76. The second kappa shape index (κ2) is 9.14. The number of benzene rings is 2. The van der Waals surface area contributed by atoms with Crippen LogP contribution in [0.5, 0.6) is 11.5 Å². The lowest BCUT2D eigenvalue weighted by atomic mass is 9.92. The van der Waals surface area contributed by atoms with Crippen molar-refractivity contribution in [1.29, 1.82) is 0 Å². The van der Waals surface area contributed by atoms with E-state index < -0.39 is 18.0 Å². The Morgan fingerprint density at radius 1 is 1.07 bits per heavy atom. The van der Waals surface area contributed by atoms with Crippen LogP contribution in [-0.4, -0.2) is 32.8 Å². The summed E-state index contributed by atoms with van der Waals surface area (Å²) in [4.78, 5) is 25.3. The summed E-state index contributed by atoms with van der Waals surface area (Å²) in [5.41, 5.74) is 2.00. The molecule has 2 aromatic rings. The summed E-state index contributed by atoms with van der Waals surface area (Å²) in [5, 5.41) is 5.57. The minimum Gasteiger partial charge on any atom is -0.493 e. The van der Waals surface area contributed by atoms with E-state index in [9.17, 15) is 9.59 Å². The number of hydrogen-bond donors (Lipinski definition) is 2. The maximum Gasteiger partial charge on any atom is 0.338 e. The molecule has 1 aliphatic rings. The molecule has 29 heavy (non-hydrogen) atoms. The average molecular weight is 396 g/mol. The number of amides is 2. The number of hydrogen-bond acceptors (Lipinski definition) is 5. The first-order chi connectivity index (χ1) is 14.1. The summed E-state index contributed by atoms with van der Waals surface area (Å²) in [7, 11) is 2.86. The van der Waals surface area contributed by atoms with Crippen LogP contribution in [0.25, 0.3) is 5.70 Å². The lowest BCUT2D eigenvalue weighted by molar-refractivity contribution is -0.136. The zero-order valence-corrected chi connectivity index (χ0v) is 16.7. The number of rotatable bonds is 7. The van der Waals surface area contributed by atoms with Crippen molar-refractivity contribution in [2.75, 3.05) is 20.8 Å². The van der Waals surface area contributed by atoms with E-state index in [-0.39, 0.29) is 5.57 Å². The molecule has 3 rings (SSSR count). The van der Waals surface area contributed by atoms with Crippen molar-refractivity contribution in [3.8, 4) is 11.5 Å². The monoisotopic (exact) mass is 396 g/mol. The molecular weight excluding hydrogens is 372 g/mol. The molecule has 1 unspecified atom stereocenters. The van der Waals surface area contributed by atoms with E-state index in [1.54, 1.807) is 25.3 Å². The molecule has 2 N–H and O–H groups in total. The van der Waals surface area contributed by atoms with Gasteiger partial charge in [-0.15, -0.1) is 0 Å². The van der Waals surface area contributed by atoms with Gasteiger partial charge in [-0.3, -0.25) is 0 Å². The molecule has 0 spiro atoms. The molecule has 1 aliphatic heterocycles. The fourth-order valence-corrected chi connectivity index (χ4v) is 3.24. The van der Waals surface area contributed by atoms with Gasteiger partial charge in [0.05, 0.1) is 38.1 Å². The first kappa shape index (κ1) is 20.3. The summed E-state index contributed by atoms with van der Waals surface area (Å²) in [5.74, 6) is 0.456. The van der Waals surface area contributed by atoms with E-state index in [2.05, 4.69) is 10.6 Å². The lowest BCUT2D eigenvalue weighted by Crippen LogP contribution is -2.45. The van der Waals surface area contributed by atoms with Crippen molar-refractivity contribution in [3.05, 3.63) is 65.2 Å². The highest BCUT2D eigenvalue weighted by atomic mass is 16.5. The van der Waals surface area contributed by atoms with Gasteiger partial charge in [0.25, 0.3) is 0 Å². The first-order valence-electron chi connectivity index (χ1n) is 9.35. The topological polar surface area (TPSA) is 85.9 Å². The standard InChI is InChI=1S/C22H24N2O5/c1-4-13-29-20-15(11-8-12-16(20)27-2)19-17(21(25)28-3)18(23-22(26)24-19)14-9-6-5-7-10-14/h5-12,19H,4,13H2,1-3H3,(H2,23,24,26). The van der Waals surface area contributed by atoms with Crippen molar-refractivity contribution in [3.63, 3.8) is 0 Å². The van der Waals surface area contributed by atoms with E-state index in [0.29, 0.717) is 34.9 Å². The largest absolute Gasteiger partial charge is 0.493 e. The maximum absolute atomic E-state index is 12.8. The number of ether oxygens (including phenoxy) is 3. The number of methoxy groups -OCH3 is 2. The zero-order chi connectivity index (χ0) is 20.8. The minimum atomic E-state index is -0.770. The highest BCUT2D eigenvalue weighted by molar-refractivity contribution is 6.04. The smallest absolute Gasteiger partial charge is 0.338 e. The molecule has 1 atom stereocenters. The van der Waals surface area contributed by atoms with Gasteiger partial charge >= 0.3 is 12.0 Å². The van der Waals surface area contributed by atoms with Crippen LogP contribution in [0.3, 0.4) is 0 Å². The molecule has 0 radical (unpaired) electrons. The molecule has 152 valence electrons. The Labute approximate surface area is 169 Å². The summed E-state index contributed by atoms with van der Waals surface area (Å²) in [6.07, 6.45) is 0.797. The number of esters is 1. The van der Waals surface area contributed by atoms with Crippen LogP contribution in [0.15, 0.2) is 54.1 Å². The normalized spacial score (nSPS) is 16.0. The quantitative estimate of drug-likeness (QED) is 0.701. The van der Waals surface area contributed by atoms with E-state index in [1.807, 2.05) is 37.3 Å². The van der Waals surface area contributed by atoms with E-state index in [4.69, 9.17) is 14.2 Å². The summed E-state index contributed by atoms with van der Waals surface area (Å²) < 4.78 is 16.4. The summed E-state index contributed by atoms with van der Waals surface area (Å²) >= 11 is 0.